The third-order valence-electron chi connectivity index (χ3n) is 7.35. The second kappa shape index (κ2) is 7.66. The van der Waals surface area contributed by atoms with Gasteiger partial charge in [-0.25, -0.2) is 0 Å². The van der Waals surface area contributed by atoms with Crippen molar-refractivity contribution in [3.05, 3.63) is 47.5 Å². The number of benzene rings is 1. The molecule has 25 heavy (non-hydrogen) atoms. The first-order valence-corrected chi connectivity index (χ1v) is 10.5. The summed E-state index contributed by atoms with van der Waals surface area (Å²) < 4.78 is 5.95. The molecule has 1 aromatic carbocycles. The molecule has 0 spiro atoms. The Morgan fingerprint density at radius 2 is 1.72 bits per heavy atom. The maximum atomic E-state index is 5.95. The van der Waals surface area contributed by atoms with Crippen molar-refractivity contribution in [2.75, 3.05) is 6.61 Å². The van der Waals surface area contributed by atoms with E-state index < -0.39 is 0 Å². The van der Waals surface area contributed by atoms with Crippen molar-refractivity contribution in [2.45, 2.75) is 70.8 Å². The van der Waals surface area contributed by atoms with Crippen molar-refractivity contribution in [3.8, 4) is 0 Å². The van der Waals surface area contributed by atoms with Crippen LogP contribution in [0.5, 0.6) is 0 Å². The van der Waals surface area contributed by atoms with Crippen LogP contribution in [-0.2, 0) is 17.6 Å². The highest BCUT2D eigenvalue weighted by Crippen LogP contribution is 2.47. The molecule has 0 radical (unpaired) electrons. The zero-order valence-electron chi connectivity index (χ0n) is 15.9. The third kappa shape index (κ3) is 3.87. The molecule has 1 nitrogen and oxygen atoms in total. The van der Waals surface area contributed by atoms with Gasteiger partial charge in [-0.15, -0.1) is 6.58 Å². The van der Waals surface area contributed by atoms with Crippen molar-refractivity contribution in [2.24, 2.45) is 23.7 Å². The second-order valence-electron chi connectivity index (χ2n) is 8.93. The molecule has 4 rings (SSSR count). The van der Waals surface area contributed by atoms with E-state index in [1.165, 1.54) is 63.4 Å². The van der Waals surface area contributed by atoms with Crippen molar-refractivity contribution in [1.82, 2.24) is 0 Å². The molecule has 0 heterocycles. The summed E-state index contributed by atoms with van der Waals surface area (Å²) in [6, 6.07) is 7.14. The Balaban J connectivity index is 1.34. The Labute approximate surface area is 153 Å². The smallest absolute Gasteiger partial charge is 0.0648 e. The summed E-state index contributed by atoms with van der Waals surface area (Å²) in [4.78, 5) is 0. The van der Waals surface area contributed by atoms with E-state index in [0.29, 0.717) is 6.10 Å². The van der Waals surface area contributed by atoms with Crippen LogP contribution in [0.15, 0.2) is 30.9 Å². The van der Waals surface area contributed by atoms with Crippen LogP contribution in [0.4, 0.5) is 0 Å². The standard InChI is InChI=1S/C24H34O/c1-3-12-25-24-11-10-22-15-21(8-9-23(22)16-24)20-7-6-18-13-17(2)4-5-19(18)14-20/h3-5,13,20-24H,1,6-12,14-16H2,2H3/t20?,21?,22-,23?,24-/m1/s1. The summed E-state index contributed by atoms with van der Waals surface area (Å²) in [5.74, 6) is 3.81. The molecule has 0 N–H and O–H groups in total. The Morgan fingerprint density at radius 3 is 2.56 bits per heavy atom. The van der Waals surface area contributed by atoms with Gasteiger partial charge in [-0.2, -0.15) is 0 Å². The molecule has 0 aromatic heterocycles. The molecule has 0 saturated heterocycles. The SMILES string of the molecule is C=CCO[C@@H]1CC[C@@H]2CC(C3CCc4cc(C)ccc4C3)CCC2C1. The van der Waals surface area contributed by atoms with Gasteiger partial charge in [-0.05, 0) is 99.5 Å². The molecule has 136 valence electrons. The molecular formula is C24H34O. The lowest BCUT2D eigenvalue weighted by Crippen LogP contribution is -2.37. The lowest BCUT2D eigenvalue weighted by molar-refractivity contribution is -0.0137. The molecule has 3 aliphatic carbocycles. The molecular weight excluding hydrogens is 304 g/mol. The molecule has 0 aliphatic heterocycles. The fraction of sp³-hybridized carbons (Fsp3) is 0.667. The molecule has 5 atom stereocenters. The first kappa shape index (κ1) is 17.3. The molecule has 2 fully saturated rings. The van der Waals surface area contributed by atoms with E-state index in [1.54, 1.807) is 11.1 Å². The Bertz CT molecular complexity index is 604. The first-order chi connectivity index (χ1) is 12.2. The van der Waals surface area contributed by atoms with Crippen molar-refractivity contribution < 1.29 is 4.74 Å². The average Bonchev–Trinajstić information content (AvgIpc) is 2.65. The topological polar surface area (TPSA) is 9.23 Å². The van der Waals surface area contributed by atoms with E-state index in [0.717, 1.165) is 30.3 Å². The highest BCUT2D eigenvalue weighted by atomic mass is 16.5. The maximum absolute atomic E-state index is 5.95. The Kier molecular flexibility index (Phi) is 5.31. The zero-order chi connectivity index (χ0) is 17.2. The predicted octanol–water partition coefficient (Wildman–Crippen LogP) is 5.89. The van der Waals surface area contributed by atoms with E-state index in [-0.39, 0.29) is 0 Å². The molecule has 1 heteroatoms. The minimum Gasteiger partial charge on any atom is -0.374 e. The largest absolute Gasteiger partial charge is 0.374 e. The number of fused-ring (bicyclic) bond motifs is 2. The van der Waals surface area contributed by atoms with Crippen LogP contribution >= 0.6 is 0 Å². The summed E-state index contributed by atoms with van der Waals surface area (Å²) in [6.45, 7) is 6.74. The highest BCUT2D eigenvalue weighted by molar-refractivity contribution is 5.33. The Morgan fingerprint density at radius 1 is 0.960 bits per heavy atom. The van der Waals surface area contributed by atoms with Gasteiger partial charge < -0.3 is 4.74 Å². The van der Waals surface area contributed by atoms with Crippen LogP contribution in [-0.4, -0.2) is 12.7 Å². The van der Waals surface area contributed by atoms with E-state index in [9.17, 15) is 0 Å². The van der Waals surface area contributed by atoms with Crippen molar-refractivity contribution >= 4 is 0 Å². The van der Waals surface area contributed by atoms with Gasteiger partial charge in [-0.1, -0.05) is 29.8 Å². The molecule has 0 amide bonds. The highest BCUT2D eigenvalue weighted by Gasteiger charge is 2.38. The summed E-state index contributed by atoms with van der Waals surface area (Å²) in [5, 5.41) is 0. The van der Waals surface area contributed by atoms with Gasteiger partial charge in [0.1, 0.15) is 0 Å². The van der Waals surface area contributed by atoms with E-state index in [1.807, 2.05) is 6.08 Å². The number of rotatable bonds is 4. The van der Waals surface area contributed by atoms with Crippen LogP contribution in [0.25, 0.3) is 0 Å². The summed E-state index contributed by atoms with van der Waals surface area (Å²) in [6.07, 6.45) is 14.8. The number of hydrogen-bond donors (Lipinski definition) is 0. The van der Waals surface area contributed by atoms with Crippen LogP contribution in [0.3, 0.4) is 0 Å². The third-order valence-corrected chi connectivity index (χ3v) is 7.35. The summed E-state index contributed by atoms with van der Waals surface area (Å²) in [7, 11) is 0. The number of ether oxygens (including phenoxy) is 1. The average molecular weight is 339 g/mol. The molecule has 3 aliphatic rings. The monoisotopic (exact) mass is 338 g/mol. The fourth-order valence-electron chi connectivity index (χ4n) is 5.98. The minimum atomic E-state index is 0.501. The quantitative estimate of drug-likeness (QED) is 0.622. The van der Waals surface area contributed by atoms with Crippen molar-refractivity contribution in [3.63, 3.8) is 0 Å². The summed E-state index contributed by atoms with van der Waals surface area (Å²) in [5.41, 5.74) is 4.70. The lowest BCUT2D eigenvalue weighted by atomic mass is 9.62. The first-order valence-electron chi connectivity index (χ1n) is 10.5. The zero-order valence-corrected chi connectivity index (χ0v) is 15.9. The molecule has 1 aromatic rings. The molecule has 3 unspecified atom stereocenters. The normalized spacial score (nSPS) is 34.8. The molecule has 2 saturated carbocycles. The van der Waals surface area contributed by atoms with Crippen LogP contribution < -0.4 is 0 Å². The van der Waals surface area contributed by atoms with E-state index in [4.69, 9.17) is 4.74 Å². The van der Waals surface area contributed by atoms with Gasteiger partial charge in [0.2, 0.25) is 0 Å². The van der Waals surface area contributed by atoms with E-state index in [2.05, 4.69) is 31.7 Å². The lowest BCUT2D eigenvalue weighted by Gasteiger charge is -2.44. The van der Waals surface area contributed by atoms with Crippen LogP contribution in [0.2, 0.25) is 0 Å². The van der Waals surface area contributed by atoms with Gasteiger partial charge in [-0.3, -0.25) is 0 Å². The van der Waals surface area contributed by atoms with Gasteiger partial charge >= 0.3 is 0 Å². The van der Waals surface area contributed by atoms with Gasteiger partial charge in [0.15, 0.2) is 0 Å². The number of aryl methyl sites for hydroxylation is 2. The fourth-order valence-corrected chi connectivity index (χ4v) is 5.98. The van der Waals surface area contributed by atoms with Crippen LogP contribution in [0.1, 0.15) is 61.6 Å². The molecule has 0 bridgehead atoms. The maximum Gasteiger partial charge on any atom is 0.0648 e. The van der Waals surface area contributed by atoms with Gasteiger partial charge in [0.25, 0.3) is 0 Å². The van der Waals surface area contributed by atoms with Gasteiger partial charge in [0.05, 0.1) is 12.7 Å². The Hall–Kier alpha value is -1.08. The predicted molar refractivity (Wildman–Crippen MR) is 105 cm³/mol. The number of hydrogen-bond acceptors (Lipinski definition) is 1. The van der Waals surface area contributed by atoms with Crippen molar-refractivity contribution in [1.29, 1.82) is 0 Å². The minimum absolute atomic E-state index is 0.501. The van der Waals surface area contributed by atoms with E-state index >= 15 is 0 Å². The second-order valence-corrected chi connectivity index (χ2v) is 8.93. The van der Waals surface area contributed by atoms with Crippen LogP contribution in [0, 0.1) is 30.6 Å². The van der Waals surface area contributed by atoms with Gasteiger partial charge in [0, 0.05) is 0 Å². The summed E-state index contributed by atoms with van der Waals surface area (Å²) >= 11 is 0.